The first-order valence-electron chi connectivity index (χ1n) is 9.83. The maximum atomic E-state index is 10.3. The van der Waals surface area contributed by atoms with Crippen molar-refractivity contribution in [1.82, 2.24) is 0 Å². The van der Waals surface area contributed by atoms with Crippen LogP contribution in [-0.2, 0) is 14.3 Å². The minimum Gasteiger partial charge on any atom is -0.550 e. The maximum Gasteiger partial charge on any atom is 0.183 e. The molecule has 1 aliphatic rings. The van der Waals surface area contributed by atoms with E-state index in [0.29, 0.717) is 13.0 Å². The second-order valence-corrected chi connectivity index (χ2v) is 7.11. The molecule has 0 unspecified atom stereocenters. The number of ether oxygens (including phenoxy) is 2. The topological polar surface area (TPSA) is 99.1 Å². The molecule has 0 saturated carbocycles. The highest BCUT2D eigenvalue weighted by Crippen LogP contribution is 2.21. The molecule has 0 aromatic heterocycles. The van der Waals surface area contributed by atoms with Gasteiger partial charge in [-0.25, -0.2) is 0 Å². The van der Waals surface area contributed by atoms with Crippen LogP contribution in [0.2, 0.25) is 0 Å². The summed E-state index contributed by atoms with van der Waals surface area (Å²) in [7, 11) is 0. The lowest BCUT2D eigenvalue weighted by atomic mass is 10.0. The van der Waals surface area contributed by atoms with E-state index in [0.717, 1.165) is 32.1 Å². The second-order valence-electron chi connectivity index (χ2n) is 7.11. The van der Waals surface area contributed by atoms with Crippen LogP contribution in [-0.4, -0.2) is 47.4 Å². The van der Waals surface area contributed by atoms with Crippen molar-refractivity contribution in [1.29, 1.82) is 0 Å². The van der Waals surface area contributed by atoms with Crippen LogP contribution in [0, 0.1) is 0 Å². The Morgan fingerprint density at radius 3 is 2.04 bits per heavy atom. The minimum absolute atomic E-state index is 0.185. The Bertz CT molecular complexity index is 349. The van der Waals surface area contributed by atoms with Crippen molar-refractivity contribution >= 4 is 5.97 Å². The highest BCUT2D eigenvalue weighted by Gasteiger charge is 2.34. The number of carboxylic acid groups (broad SMARTS) is 1. The summed E-state index contributed by atoms with van der Waals surface area (Å²) < 4.78 is 11.0. The van der Waals surface area contributed by atoms with Crippen LogP contribution < -0.4 is 5.11 Å². The number of aliphatic carboxylic acids is 1. The Balaban J connectivity index is 1.84. The van der Waals surface area contributed by atoms with Gasteiger partial charge in [-0.1, -0.05) is 51.4 Å². The molecule has 0 aliphatic carbocycles. The Hall–Kier alpha value is -0.690. The SMILES string of the molecule is C[C@@H]1O[C@@H](OCCCCCCCCCCCCC(=O)[O-])[C@H](O)C[C@H]1O. The average Bonchev–Trinajstić information content (AvgIpc) is 2.56. The van der Waals surface area contributed by atoms with Gasteiger partial charge in [0.2, 0.25) is 0 Å². The van der Waals surface area contributed by atoms with Gasteiger partial charge in [-0.15, -0.1) is 0 Å². The third-order valence-electron chi connectivity index (χ3n) is 4.75. The number of carboxylic acids is 1. The van der Waals surface area contributed by atoms with Crippen molar-refractivity contribution in [2.24, 2.45) is 0 Å². The zero-order chi connectivity index (χ0) is 18.5. The molecule has 0 bridgehead atoms. The fraction of sp³-hybridized carbons (Fsp3) is 0.947. The van der Waals surface area contributed by atoms with Crippen molar-refractivity contribution in [3.63, 3.8) is 0 Å². The third-order valence-corrected chi connectivity index (χ3v) is 4.75. The van der Waals surface area contributed by atoms with E-state index in [4.69, 9.17) is 9.47 Å². The number of hydrogen-bond acceptors (Lipinski definition) is 6. The molecule has 0 spiro atoms. The summed E-state index contributed by atoms with van der Waals surface area (Å²) in [6.45, 7) is 2.36. The summed E-state index contributed by atoms with van der Waals surface area (Å²) >= 11 is 0. The smallest absolute Gasteiger partial charge is 0.183 e. The Morgan fingerprint density at radius 1 is 0.960 bits per heavy atom. The maximum absolute atomic E-state index is 10.3. The molecule has 0 radical (unpaired) electrons. The normalized spacial score (nSPS) is 26.7. The van der Waals surface area contributed by atoms with E-state index in [2.05, 4.69) is 0 Å². The van der Waals surface area contributed by atoms with E-state index < -0.39 is 24.5 Å². The van der Waals surface area contributed by atoms with Crippen LogP contribution in [0.15, 0.2) is 0 Å². The molecule has 0 aromatic rings. The van der Waals surface area contributed by atoms with E-state index >= 15 is 0 Å². The summed E-state index contributed by atoms with van der Waals surface area (Å²) in [4.78, 5) is 10.3. The van der Waals surface area contributed by atoms with Gasteiger partial charge in [0.05, 0.1) is 12.2 Å². The van der Waals surface area contributed by atoms with E-state index in [1.807, 2.05) is 0 Å². The van der Waals surface area contributed by atoms with Crippen LogP contribution in [0.3, 0.4) is 0 Å². The molecule has 148 valence electrons. The van der Waals surface area contributed by atoms with Crippen LogP contribution in [0.5, 0.6) is 0 Å². The van der Waals surface area contributed by atoms with Crippen molar-refractivity contribution in [2.75, 3.05) is 6.61 Å². The molecule has 6 heteroatoms. The van der Waals surface area contributed by atoms with Crippen LogP contribution in [0.4, 0.5) is 0 Å². The number of aliphatic hydroxyl groups is 2. The van der Waals surface area contributed by atoms with Gasteiger partial charge in [-0.3, -0.25) is 0 Å². The van der Waals surface area contributed by atoms with Crippen LogP contribution in [0.25, 0.3) is 0 Å². The van der Waals surface area contributed by atoms with Gasteiger partial charge in [-0.2, -0.15) is 0 Å². The molecule has 4 atom stereocenters. The number of carbonyl (C=O) groups is 1. The standard InChI is InChI=1S/C19H36O6/c1-15-16(20)14-17(21)19(25-15)24-13-11-9-7-5-3-2-4-6-8-10-12-18(22)23/h15-17,19-21H,2-14H2,1H3,(H,22,23)/p-1/t15-,16+,17+,19+/m0/s1. The number of aliphatic hydroxyl groups excluding tert-OH is 2. The first-order chi connectivity index (χ1) is 12.0. The van der Waals surface area contributed by atoms with Gasteiger partial charge in [-0.05, 0) is 26.2 Å². The fourth-order valence-corrected chi connectivity index (χ4v) is 3.08. The molecular weight excluding hydrogens is 324 g/mol. The highest BCUT2D eigenvalue weighted by molar-refractivity contribution is 5.63. The van der Waals surface area contributed by atoms with Gasteiger partial charge < -0.3 is 29.6 Å². The molecular formula is C19H35O6-. The third kappa shape index (κ3) is 10.8. The molecule has 0 aromatic carbocycles. The van der Waals surface area contributed by atoms with Gasteiger partial charge in [0.15, 0.2) is 6.29 Å². The Kier molecular flexibility index (Phi) is 12.1. The molecule has 1 rings (SSSR count). The van der Waals surface area contributed by atoms with Gasteiger partial charge in [0.25, 0.3) is 0 Å². The zero-order valence-electron chi connectivity index (χ0n) is 15.5. The highest BCUT2D eigenvalue weighted by atomic mass is 16.7. The lowest BCUT2D eigenvalue weighted by molar-refractivity contribution is -0.305. The molecule has 1 heterocycles. The van der Waals surface area contributed by atoms with Crippen LogP contribution >= 0.6 is 0 Å². The molecule has 2 N–H and O–H groups in total. The van der Waals surface area contributed by atoms with E-state index in [9.17, 15) is 20.1 Å². The number of hydrogen-bond donors (Lipinski definition) is 2. The number of carbonyl (C=O) groups excluding carboxylic acids is 1. The summed E-state index contributed by atoms with van der Waals surface area (Å²) in [5.74, 6) is -0.944. The zero-order valence-corrected chi connectivity index (χ0v) is 15.5. The van der Waals surface area contributed by atoms with E-state index in [-0.39, 0.29) is 12.5 Å². The summed E-state index contributed by atoms with van der Waals surface area (Å²) in [6, 6.07) is 0. The minimum atomic E-state index is -0.944. The van der Waals surface area contributed by atoms with Crippen LogP contribution in [0.1, 0.15) is 84.0 Å². The lowest BCUT2D eigenvalue weighted by Gasteiger charge is -2.35. The van der Waals surface area contributed by atoms with Gasteiger partial charge >= 0.3 is 0 Å². The lowest BCUT2D eigenvalue weighted by Crippen LogP contribution is -2.47. The number of rotatable bonds is 14. The second kappa shape index (κ2) is 13.5. The summed E-state index contributed by atoms with van der Waals surface area (Å²) in [5.41, 5.74) is 0. The van der Waals surface area contributed by atoms with Crippen molar-refractivity contribution < 1.29 is 29.6 Å². The molecule has 0 amide bonds. The van der Waals surface area contributed by atoms with Crippen molar-refractivity contribution in [3.05, 3.63) is 0 Å². The Labute approximate surface area is 151 Å². The van der Waals surface area contributed by atoms with E-state index in [1.165, 1.54) is 32.1 Å². The Morgan fingerprint density at radius 2 is 1.48 bits per heavy atom. The average molecular weight is 359 g/mol. The van der Waals surface area contributed by atoms with Gasteiger partial charge in [0.1, 0.15) is 6.10 Å². The monoisotopic (exact) mass is 359 g/mol. The molecule has 1 aliphatic heterocycles. The fourth-order valence-electron chi connectivity index (χ4n) is 3.08. The molecule has 6 nitrogen and oxygen atoms in total. The molecule has 1 fully saturated rings. The predicted molar refractivity (Wildman–Crippen MR) is 92.7 cm³/mol. The first kappa shape index (κ1) is 22.4. The van der Waals surface area contributed by atoms with E-state index in [1.54, 1.807) is 6.92 Å². The quantitative estimate of drug-likeness (QED) is 0.460. The van der Waals surface area contributed by atoms with Gasteiger partial charge in [0, 0.05) is 19.0 Å². The predicted octanol–water partition coefficient (Wildman–Crippen LogP) is 1.90. The first-order valence-corrected chi connectivity index (χ1v) is 9.83. The largest absolute Gasteiger partial charge is 0.550 e. The number of unbranched alkanes of at least 4 members (excludes halogenated alkanes) is 9. The van der Waals surface area contributed by atoms with Crippen molar-refractivity contribution in [2.45, 2.75) is 109 Å². The van der Waals surface area contributed by atoms with Crippen molar-refractivity contribution in [3.8, 4) is 0 Å². The summed E-state index contributed by atoms with van der Waals surface area (Å²) in [5, 5.41) is 29.7. The molecule has 25 heavy (non-hydrogen) atoms. The molecule has 1 saturated heterocycles. The summed E-state index contributed by atoms with van der Waals surface area (Å²) in [6.07, 6.45) is 9.09.